The molecule has 0 radical (unpaired) electrons. The fourth-order valence-corrected chi connectivity index (χ4v) is 3.09. The van der Waals surface area contributed by atoms with Gasteiger partial charge in [-0.05, 0) is 23.8 Å². The monoisotopic (exact) mass is 262 g/mol. The van der Waals surface area contributed by atoms with Gasteiger partial charge >= 0.3 is 0 Å². The van der Waals surface area contributed by atoms with Crippen molar-refractivity contribution in [3.63, 3.8) is 0 Å². The first kappa shape index (κ1) is 13.5. The van der Waals surface area contributed by atoms with Gasteiger partial charge < -0.3 is 5.73 Å². The standard InChI is InChI=1S/C15H22N2S/c1-11-7-12(2)9-17(8-11)10-13-3-5-14(6-4-13)15(16)18/h3-6,11-12H,7-10H2,1-2H3,(H2,16,18). The summed E-state index contributed by atoms with van der Waals surface area (Å²) >= 11 is 4.96. The van der Waals surface area contributed by atoms with E-state index in [1.807, 2.05) is 12.1 Å². The van der Waals surface area contributed by atoms with Gasteiger partial charge in [-0.1, -0.05) is 50.3 Å². The van der Waals surface area contributed by atoms with E-state index in [2.05, 4.69) is 30.9 Å². The van der Waals surface area contributed by atoms with Gasteiger partial charge in [0.25, 0.3) is 0 Å². The molecule has 1 aromatic rings. The summed E-state index contributed by atoms with van der Waals surface area (Å²) in [6.45, 7) is 8.15. The molecule has 98 valence electrons. The molecule has 2 rings (SSSR count). The van der Waals surface area contributed by atoms with Crippen LogP contribution in [0.25, 0.3) is 0 Å². The molecule has 2 unspecified atom stereocenters. The number of rotatable bonds is 3. The van der Waals surface area contributed by atoms with Gasteiger partial charge in [0, 0.05) is 25.2 Å². The first-order valence-corrected chi connectivity index (χ1v) is 7.06. The number of hydrogen-bond acceptors (Lipinski definition) is 2. The van der Waals surface area contributed by atoms with Crippen LogP contribution in [-0.2, 0) is 6.54 Å². The molecule has 2 nitrogen and oxygen atoms in total. The first-order chi connectivity index (χ1) is 8.54. The summed E-state index contributed by atoms with van der Waals surface area (Å²) in [5.74, 6) is 1.62. The van der Waals surface area contributed by atoms with Crippen molar-refractivity contribution in [2.24, 2.45) is 17.6 Å². The average Bonchev–Trinajstić information content (AvgIpc) is 2.28. The van der Waals surface area contributed by atoms with Crippen LogP contribution in [0, 0.1) is 11.8 Å². The van der Waals surface area contributed by atoms with Crippen LogP contribution < -0.4 is 5.73 Å². The Morgan fingerprint density at radius 2 is 1.78 bits per heavy atom. The second kappa shape index (κ2) is 5.81. The highest BCUT2D eigenvalue weighted by Crippen LogP contribution is 2.22. The van der Waals surface area contributed by atoms with Crippen LogP contribution in [0.1, 0.15) is 31.4 Å². The summed E-state index contributed by atoms with van der Waals surface area (Å²) in [4.78, 5) is 3.02. The molecular formula is C15H22N2S. The fraction of sp³-hybridized carbons (Fsp3) is 0.533. The zero-order chi connectivity index (χ0) is 13.1. The highest BCUT2D eigenvalue weighted by Gasteiger charge is 2.21. The third-order valence-electron chi connectivity index (χ3n) is 3.59. The van der Waals surface area contributed by atoms with Crippen LogP contribution in [0.15, 0.2) is 24.3 Å². The molecule has 1 heterocycles. The zero-order valence-electron chi connectivity index (χ0n) is 11.2. The van der Waals surface area contributed by atoms with Gasteiger partial charge in [0.05, 0.1) is 0 Å². The van der Waals surface area contributed by atoms with Crippen LogP contribution in [0.5, 0.6) is 0 Å². The Morgan fingerprint density at radius 1 is 1.22 bits per heavy atom. The highest BCUT2D eigenvalue weighted by molar-refractivity contribution is 7.80. The number of likely N-dealkylation sites (tertiary alicyclic amines) is 1. The van der Waals surface area contributed by atoms with E-state index in [9.17, 15) is 0 Å². The van der Waals surface area contributed by atoms with Crippen molar-refractivity contribution >= 4 is 17.2 Å². The number of hydrogen-bond donors (Lipinski definition) is 1. The first-order valence-electron chi connectivity index (χ1n) is 6.65. The Hall–Kier alpha value is -0.930. The maximum atomic E-state index is 5.61. The van der Waals surface area contributed by atoms with Crippen LogP contribution in [0.3, 0.4) is 0 Å². The molecular weight excluding hydrogens is 240 g/mol. The minimum atomic E-state index is 0.474. The summed E-state index contributed by atoms with van der Waals surface area (Å²) in [6, 6.07) is 8.32. The summed E-state index contributed by atoms with van der Waals surface area (Å²) < 4.78 is 0. The van der Waals surface area contributed by atoms with E-state index in [1.54, 1.807) is 0 Å². The van der Waals surface area contributed by atoms with Crippen LogP contribution in [0.4, 0.5) is 0 Å². The SMILES string of the molecule is CC1CC(C)CN(Cc2ccc(C(N)=S)cc2)C1. The van der Waals surface area contributed by atoms with E-state index < -0.39 is 0 Å². The molecule has 0 saturated carbocycles. The van der Waals surface area contributed by atoms with E-state index in [0.29, 0.717) is 4.99 Å². The Labute approximate surface area is 115 Å². The number of nitrogens with zero attached hydrogens (tertiary/aromatic N) is 1. The minimum absolute atomic E-state index is 0.474. The van der Waals surface area contributed by atoms with Gasteiger partial charge in [-0.15, -0.1) is 0 Å². The molecule has 1 fully saturated rings. The molecule has 18 heavy (non-hydrogen) atoms. The molecule has 1 aliphatic rings. The lowest BCUT2D eigenvalue weighted by atomic mass is 9.91. The topological polar surface area (TPSA) is 29.3 Å². The molecule has 3 heteroatoms. The van der Waals surface area contributed by atoms with Gasteiger partial charge in [-0.25, -0.2) is 0 Å². The summed E-state index contributed by atoms with van der Waals surface area (Å²) in [5.41, 5.74) is 7.90. The molecule has 0 amide bonds. The van der Waals surface area contributed by atoms with E-state index >= 15 is 0 Å². The predicted octanol–water partition coefficient (Wildman–Crippen LogP) is 2.80. The molecule has 0 bridgehead atoms. The van der Waals surface area contributed by atoms with Crippen molar-refractivity contribution in [2.75, 3.05) is 13.1 Å². The van der Waals surface area contributed by atoms with Crippen molar-refractivity contribution in [1.29, 1.82) is 0 Å². The third kappa shape index (κ3) is 3.53. The number of piperidine rings is 1. The van der Waals surface area contributed by atoms with Gasteiger partial charge in [0.1, 0.15) is 4.99 Å². The quantitative estimate of drug-likeness (QED) is 0.849. The summed E-state index contributed by atoms with van der Waals surface area (Å²) in [6.07, 6.45) is 1.36. The number of thiocarbonyl (C=S) groups is 1. The van der Waals surface area contributed by atoms with E-state index in [0.717, 1.165) is 23.9 Å². The van der Waals surface area contributed by atoms with Crippen LogP contribution >= 0.6 is 12.2 Å². The largest absolute Gasteiger partial charge is 0.389 e. The smallest absolute Gasteiger partial charge is 0.103 e. The fourth-order valence-electron chi connectivity index (χ4n) is 2.95. The minimum Gasteiger partial charge on any atom is -0.389 e. The van der Waals surface area contributed by atoms with E-state index in [4.69, 9.17) is 18.0 Å². The van der Waals surface area contributed by atoms with Crippen molar-refractivity contribution < 1.29 is 0 Å². The number of nitrogens with two attached hydrogens (primary N) is 1. The van der Waals surface area contributed by atoms with Crippen LogP contribution in [0.2, 0.25) is 0 Å². The lowest BCUT2D eigenvalue weighted by molar-refractivity contribution is 0.134. The molecule has 0 aliphatic carbocycles. The molecule has 1 saturated heterocycles. The number of benzene rings is 1. The zero-order valence-corrected chi connectivity index (χ0v) is 12.0. The van der Waals surface area contributed by atoms with Crippen LogP contribution in [-0.4, -0.2) is 23.0 Å². The van der Waals surface area contributed by atoms with Gasteiger partial charge in [0.15, 0.2) is 0 Å². The Morgan fingerprint density at radius 3 is 2.28 bits per heavy atom. The van der Waals surface area contributed by atoms with Crippen molar-refractivity contribution in [2.45, 2.75) is 26.8 Å². The van der Waals surface area contributed by atoms with E-state index in [1.165, 1.54) is 25.1 Å². The second-order valence-corrected chi connectivity index (χ2v) is 6.14. The Balaban J connectivity index is 1.98. The van der Waals surface area contributed by atoms with Crippen molar-refractivity contribution in [3.8, 4) is 0 Å². The average molecular weight is 262 g/mol. The molecule has 0 aromatic heterocycles. The normalized spacial score (nSPS) is 25.0. The molecule has 1 aliphatic heterocycles. The van der Waals surface area contributed by atoms with Gasteiger partial charge in [0.2, 0.25) is 0 Å². The third-order valence-corrected chi connectivity index (χ3v) is 3.82. The van der Waals surface area contributed by atoms with Gasteiger partial charge in [-0.2, -0.15) is 0 Å². The Kier molecular flexibility index (Phi) is 4.36. The second-order valence-electron chi connectivity index (χ2n) is 5.70. The van der Waals surface area contributed by atoms with E-state index in [-0.39, 0.29) is 0 Å². The highest BCUT2D eigenvalue weighted by atomic mass is 32.1. The van der Waals surface area contributed by atoms with Crippen molar-refractivity contribution in [3.05, 3.63) is 35.4 Å². The molecule has 1 aromatic carbocycles. The summed E-state index contributed by atoms with van der Waals surface area (Å²) in [7, 11) is 0. The maximum absolute atomic E-state index is 5.61. The predicted molar refractivity (Wildman–Crippen MR) is 80.6 cm³/mol. The lowest BCUT2D eigenvalue weighted by Gasteiger charge is -2.35. The summed E-state index contributed by atoms with van der Waals surface area (Å²) in [5, 5.41) is 0. The molecule has 2 N–H and O–H groups in total. The molecule has 2 atom stereocenters. The van der Waals surface area contributed by atoms with Gasteiger partial charge in [-0.3, -0.25) is 4.90 Å². The van der Waals surface area contributed by atoms with Crippen molar-refractivity contribution in [1.82, 2.24) is 4.90 Å². The lowest BCUT2D eigenvalue weighted by Crippen LogP contribution is -2.38. The Bertz CT molecular complexity index is 403. The maximum Gasteiger partial charge on any atom is 0.103 e. The molecule has 0 spiro atoms.